The molecule has 0 rings (SSSR count). The van der Waals surface area contributed by atoms with Crippen molar-refractivity contribution in [3.8, 4) is 0 Å². The topological polar surface area (TPSA) is 17.1 Å². The van der Waals surface area contributed by atoms with Gasteiger partial charge >= 0.3 is 0 Å². The summed E-state index contributed by atoms with van der Waals surface area (Å²) in [4.78, 5) is 11.2. The predicted octanol–water partition coefficient (Wildman–Crippen LogP) is 2.57. The highest BCUT2D eigenvalue weighted by Gasteiger charge is 2.18. The Morgan fingerprint density at radius 2 is 1.90 bits per heavy atom. The van der Waals surface area contributed by atoms with Crippen LogP contribution in [-0.4, -0.2) is 5.78 Å². The van der Waals surface area contributed by atoms with Crippen molar-refractivity contribution >= 4 is 5.78 Å². The fraction of sp³-hybridized carbons (Fsp3) is 0.667. The second-order valence-corrected chi connectivity index (χ2v) is 3.45. The first kappa shape index (κ1) is 9.41. The van der Waals surface area contributed by atoms with Gasteiger partial charge in [-0.1, -0.05) is 32.9 Å². The Hall–Kier alpha value is -0.590. The molecular formula is C9H16O. The van der Waals surface area contributed by atoms with Crippen LogP contribution in [0.1, 0.15) is 34.1 Å². The Kier molecular flexibility index (Phi) is 3.34. The second kappa shape index (κ2) is 3.55. The molecule has 0 unspecified atom stereocenters. The third-order valence-corrected chi connectivity index (χ3v) is 1.38. The smallest absolute Gasteiger partial charge is 0.141 e. The van der Waals surface area contributed by atoms with E-state index in [2.05, 4.69) is 0 Å². The van der Waals surface area contributed by atoms with Gasteiger partial charge in [-0.2, -0.15) is 0 Å². The van der Waals surface area contributed by atoms with Crippen molar-refractivity contribution in [3.05, 3.63) is 12.2 Å². The number of hydrogen-bond acceptors (Lipinski definition) is 1. The van der Waals surface area contributed by atoms with Crippen molar-refractivity contribution < 1.29 is 4.79 Å². The number of ketones is 1. The van der Waals surface area contributed by atoms with E-state index in [-0.39, 0.29) is 5.41 Å². The summed E-state index contributed by atoms with van der Waals surface area (Å²) in [5, 5.41) is 0. The molecule has 0 aromatic heterocycles. The lowest BCUT2D eigenvalue weighted by molar-refractivity contribution is -0.125. The van der Waals surface area contributed by atoms with Gasteiger partial charge in [0.15, 0.2) is 0 Å². The molecule has 0 aliphatic carbocycles. The van der Waals surface area contributed by atoms with E-state index in [0.717, 1.165) is 0 Å². The van der Waals surface area contributed by atoms with Gasteiger partial charge in [0.25, 0.3) is 0 Å². The fourth-order valence-corrected chi connectivity index (χ4v) is 0.531. The molecule has 10 heavy (non-hydrogen) atoms. The van der Waals surface area contributed by atoms with Crippen LogP contribution in [0.5, 0.6) is 0 Å². The summed E-state index contributed by atoms with van der Waals surface area (Å²) in [7, 11) is 0. The monoisotopic (exact) mass is 140 g/mol. The summed E-state index contributed by atoms with van der Waals surface area (Å²) in [6.07, 6.45) is 4.37. The molecule has 1 nitrogen and oxygen atoms in total. The van der Waals surface area contributed by atoms with Crippen LogP contribution in [0.4, 0.5) is 0 Å². The molecule has 0 aromatic carbocycles. The van der Waals surface area contributed by atoms with Gasteiger partial charge in [-0.3, -0.25) is 4.79 Å². The van der Waals surface area contributed by atoms with Gasteiger partial charge in [-0.05, 0) is 6.92 Å². The summed E-state index contributed by atoms with van der Waals surface area (Å²) in [5.74, 6) is 0.297. The molecule has 0 fully saturated rings. The van der Waals surface area contributed by atoms with Crippen LogP contribution in [-0.2, 0) is 4.79 Å². The van der Waals surface area contributed by atoms with Gasteiger partial charge in [-0.15, -0.1) is 0 Å². The zero-order valence-corrected chi connectivity index (χ0v) is 7.27. The van der Waals surface area contributed by atoms with E-state index >= 15 is 0 Å². The first-order chi connectivity index (χ1) is 4.48. The highest BCUT2D eigenvalue weighted by molar-refractivity contribution is 5.84. The molecule has 0 saturated heterocycles. The summed E-state index contributed by atoms with van der Waals surface area (Å²) < 4.78 is 0. The molecular weight excluding hydrogens is 124 g/mol. The van der Waals surface area contributed by atoms with E-state index < -0.39 is 0 Å². The first-order valence-corrected chi connectivity index (χ1v) is 3.63. The molecule has 1 heteroatoms. The van der Waals surface area contributed by atoms with Crippen molar-refractivity contribution in [2.24, 2.45) is 5.41 Å². The highest BCUT2D eigenvalue weighted by Crippen LogP contribution is 2.16. The van der Waals surface area contributed by atoms with Crippen LogP contribution in [0.25, 0.3) is 0 Å². The highest BCUT2D eigenvalue weighted by atomic mass is 16.1. The first-order valence-electron chi connectivity index (χ1n) is 3.63. The Morgan fingerprint density at radius 1 is 1.40 bits per heavy atom. The summed E-state index contributed by atoms with van der Waals surface area (Å²) >= 11 is 0. The lowest BCUT2D eigenvalue weighted by Gasteiger charge is -2.14. The summed E-state index contributed by atoms with van der Waals surface area (Å²) in [5.41, 5.74) is -0.181. The maximum atomic E-state index is 11.2. The molecule has 0 amide bonds. The fourth-order valence-electron chi connectivity index (χ4n) is 0.531. The third kappa shape index (κ3) is 3.44. The van der Waals surface area contributed by atoms with Crippen LogP contribution >= 0.6 is 0 Å². The molecule has 0 aliphatic heterocycles. The van der Waals surface area contributed by atoms with Crippen molar-refractivity contribution in [2.45, 2.75) is 34.1 Å². The number of allylic oxidation sites excluding steroid dienone is 2. The SMILES string of the molecule is CC=CCC(=O)C(C)(C)C. The molecule has 0 radical (unpaired) electrons. The number of hydrogen-bond donors (Lipinski definition) is 0. The normalized spacial score (nSPS) is 12.4. The third-order valence-electron chi connectivity index (χ3n) is 1.38. The average molecular weight is 140 g/mol. The molecule has 0 aliphatic rings. The van der Waals surface area contributed by atoms with Crippen LogP contribution in [0.15, 0.2) is 12.2 Å². The minimum absolute atomic E-state index is 0.181. The van der Waals surface area contributed by atoms with E-state index in [4.69, 9.17) is 0 Å². The van der Waals surface area contributed by atoms with E-state index in [9.17, 15) is 4.79 Å². The van der Waals surface area contributed by atoms with Crippen LogP contribution in [0.2, 0.25) is 0 Å². The Labute approximate surface area is 63.1 Å². The molecule has 0 bridgehead atoms. The predicted molar refractivity (Wildman–Crippen MR) is 43.9 cm³/mol. The van der Waals surface area contributed by atoms with Gasteiger partial charge in [0.05, 0.1) is 0 Å². The number of Topliss-reactive ketones (excluding diaryl/α,β-unsaturated/α-hetero) is 1. The molecule has 0 aromatic rings. The zero-order valence-electron chi connectivity index (χ0n) is 7.27. The van der Waals surface area contributed by atoms with Gasteiger partial charge in [0.2, 0.25) is 0 Å². The van der Waals surface area contributed by atoms with Gasteiger partial charge in [0, 0.05) is 11.8 Å². The minimum Gasteiger partial charge on any atom is -0.299 e. The van der Waals surface area contributed by atoms with Crippen molar-refractivity contribution in [3.63, 3.8) is 0 Å². The van der Waals surface area contributed by atoms with E-state index in [1.807, 2.05) is 39.8 Å². The van der Waals surface area contributed by atoms with E-state index in [1.54, 1.807) is 0 Å². The maximum Gasteiger partial charge on any atom is 0.141 e. The second-order valence-electron chi connectivity index (χ2n) is 3.45. The Balaban J connectivity index is 3.86. The number of carbonyl (C=O) groups is 1. The molecule has 0 heterocycles. The van der Waals surface area contributed by atoms with E-state index in [0.29, 0.717) is 12.2 Å². The quantitative estimate of drug-likeness (QED) is 0.539. The lowest BCUT2D eigenvalue weighted by Crippen LogP contribution is -2.18. The molecule has 0 spiro atoms. The van der Waals surface area contributed by atoms with Crippen molar-refractivity contribution in [2.75, 3.05) is 0 Å². The maximum absolute atomic E-state index is 11.2. The summed E-state index contributed by atoms with van der Waals surface area (Å²) in [6.45, 7) is 7.76. The summed E-state index contributed by atoms with van der Waals surface area (Å²) in [6, 6.07) is 0. The van der Waals surface area contributed by atoms with Crippen LogP contribution < -0.4 is 0 Å². The molecule has 0 saturated carbocycles. The Bertz CT molecular complexity index is 137. The van der Waals surface area contributed by atoms with Crippen molar-refractivity contribution in [1.82, 2.24) is 0 Å². The lowest BCUT2D eigenvalue weighted by atomic mass is 9.89. The minimum atomic E-state index is -0.181. The van der Waals surface area contributed by atoms with Gasteiger partial charge < -0.3 is 0 Å². The molecule has 0 N–H and O–H groups in total. The van der Waals surface area contributed by atoms with Gasteiger partial charge in [-0.25, -0.2) is 0 Å². The standard InChI is InChI=1S/C9H16O/c1-5-6-7-8(10)9(2,3)4/h5-6H,7H2,1-4H3. The Morgan fingerprint density at radius 3 is 2.20 bits per heavy atom. The van der Waals surface area contributed by atoms with Gasteiger partial charge in [0.1, 0.15) is 5.78 Å². The number of rotatable bonds is 2. The average Bonchev–Trinajstić information content (AvgIpc) is 1.80. The number of carbonyl (C=O) groups excluding carboxylic acids is 1. The molecule has 58 valence electrons. The van der Waals surface area contributed by atoms with Crippen LogP contribution in [0, 0.1) is 5.41 Å². The largest absolute Gasteiger partial charge is 0.299 e. The van der Waals surface area contributed by atoms with E-state index in [1.165, 1.54) is 0 Å². The van der Waals surface area contributed by atoms with Crippen molar-refractivity contribution in [1.29, 1.82) is 0 Å². The zero-order chi connectivity index (χ0) is 8.20. The molecule has 0 atom stereocenters. The van der Waals surface area contributed by atoms with Crippen LogP contribution in [0.3, 0.4) is 0 Å².